The van der Waals surface area contributed by atoms with E-state index in [0.717, 1.165) is 0 Å². The van der Waals surface area contributed by atoms with Crippen molar-refractivity contribution in [1.82, 2.24) is 0 Å². The van der Waals surface area contributed by atoms with Crippen LogP contribution in [-0.4, -0.2) is 5.75 Å². The summed E-state index contributed by atoms with van der Waals surface area (Å²) in [6.07, 6.45) is 1.18. The fraction of sp³-hybridized carbons (Fsp3) is 0.556. The zero-order valence-corrected chi connectivity index (χ0v) is 8.94. The highest BCUT2D eigenvalue weighted by atomic mass is 32.2. The molecule has 0 nitrogen and oxygen atoms in total. The lowest BCUT2D eigenvalue weighted by molar-refractivity contribution is 1.12. The van der Waals surface area contributed by atoms with E-state index < -0.39 is 0 Å². The molecule has 11 heavy (non-hydrogen) atoms. The molecule has 62 valence electrons. The Morgan fingerprint density at radius 1 is 1.45 bits per heavy atom. The second-order valence-corrected chi connectivity index (χ2v) is 4.70. The summed E-state index contributed by atoms with van der Waals surface area (Å²) in [7, 11) is 0. The summed E-state index contributed by atoms with van der Waals surface area (Å²) in [4.78, 5) is 3.08. The Morgan fingerprint density at radius 2 is 2.18 bits per heavy atom. The van der Waals surface area contributed by atoms with Gasteiger partial charge in [-0.2, -0.15) is 0 Å². The van der Waals surface area contributed by atoms with Crippen LogP contribution in [0, 0.1) is 6.92 Å². The Kier molecular flexibility index (Phi) is 3.46. The van der Waals surface area contributed by atoms with E-state index in [4.69, 9.17) is 0 Å². The van der Waals surface area contributed by atoms with E-state index in [0.29, 0.717) is 0 Å². The Bertz CT molecular complexity index is 225. The minimum atomic E-state index is 1.18. The monoisotopic (exact) mass is 186 g/mol. The minimum Gasteiger partial charge on any atom is -0.147 e. The van der Waals surface area contributed by atoms with Gasteiger partial charge in [-0.3, -0.25) is 0 Å². The van der Waals surface area contributed by atoms with Crippen LogP contribution in [0.25, 0.3) is 0 Å². The fourth-order valence-electron chi connectivity index (χ4n) is 1.07. The number of hydrogen-bond acceptors (Lipinski definition) is 2. The Labute approximate surface area is 77.0 Å². The number of thioether (sulfide) groups is 1. The van der Waals surface area contributed by atoms with Crippen molar-refractivity contribution in [1.29, 1.82) is 0 Å². The van der Waals surface area contributed by atoms with Gasteiger partial charge in [0.2, 0.25) is 0 Å². The van der Waals surface area contributed by atoms with E-state index in [1.54, 1.807) is 4.88 Å². The Hall–Kier alpha value is 0.0500. The molecule has 0 fully saturated rings. The number of rotatable bonds is 3. The van der Waals surface area contributed by atoms with Crippen LogP contribution in [0.15, 0.2) is 10.3 Å². The smallest absolute Gasteiger partial charge is 0.0240 e. The van der Waals surface area contributed by atoms with Crippen LogP contribution in [0.3, 0.4) is 0 Å². The molecule has 0 aliphatic rings. The van der Waals surface area contributed by atoms with Crippen LogP contribution in [0.1, 0.15) is 24.3 Å². The van der Waals surface area contributed by atoms with Gasteiger partial charge in [0.25, 0.3) is 0 Å². The van der Waals surface area contributed by atoms with Gasteiger partial charge in [-0.25, -0.2) is 0 Å². The first-order valence-corrected chi connectivity index (χ1v) is 5.85. The molecule has 0 aliphatic carbocycles. The first-order valence-electron chi connectivity index (χ1n) is 3.99. The van der Waals surface area contributed by atoms with Gasteiger partial charge in [-0.05, 0) is 30.0 Å². The molecule has 0 bridgehead atoms. The van der Waals surface area contributed by atoms with Crippen LogP contribution in [-0.2, 0) is 6.42 Å². The van der Waals surface area contributed by atoms with Crippen molar-refractivity contribution in [3.05, 3.63) is 15.8 Å². The van der Waals surface area contributed by atoms with Gasteiger partial charge >= 0.3 is 0 Å². The van der Waals surface area contributed by atoms with Crippen molar-refractivity contribution >= 4 is 23.1 Å². The zero-order chi connectivity index (χ0) is 8.27. The molecule has 0 N–H and O–H groups in total. The summed E-state index contributed by atoms with van der Waals surface area (Å²) < 4.78 is 0. The van der Waals surface area contributed by atoms with E-state index in [2.05, 4.69) is 26.2 Å². The third kappa shape index (κ3) is 2.00. The molecule has 2 heteroatoms. The first kappa shape index (κ1) is 9.14. The standard InChI is InChI=1S/C9H14S2/c1-4-8-9(10-5-2)7(3)6-11-8/h6H,4-5H2,1-3H3. The Morgan fingerprint density at radius 3 is 2.73 bits per heavy atom. The summed E-state index contributed by atoms with van der Waals surface area (Å²) in [5, 5.41) is 2.26. The van der Waals surface area contributed by atoms with Crippen molar-refractivity contribution < 1.29 is 0 Å². The lowest BCUT2D eigenvalue weighted by atomic mass is 10.3. The third-order valence-corrected chi connectivity index (χ3v) is 4.12. The number of hydrogen-bond donors (Lipinski definition) is 0. The fourth-order valence-corrected chi connectivity index (χ4v) is 3.22. The molecule has 1 rings (SSSR count). The topological polar surface area (TPSA) is 0 Å². The van der Waals surface area contributed by atoms with Gasteiger partial charge in [0.05, 0.1) is 0 Å². The van der Waals surface area contributed by atoms with E-state index in [9.17, 15) is 0 Å². The predicted octanol–water partition coefficient (Wildman–Crippen LogP) is 3.73. The minimum absolute atomic E-state index is 1.18. The predicted molar refractivity (Wildman–Crippen MR) is 54.8 cm³/mol. The summed E-state index contributed by atoms with van der Waals surface area (Å²) in [5.74, 6) is 1.19. The third-order valence-electron chi connectivity index (χ3n) is 1.60. The second kappa shape index (κ2) is 4.17. The maximum Gasteiger partial charge on any atom is 0.0240 e. The van der Waals surface area contributed by atoms with Crippen LogP contribution in [0.4, 0.5) is 0 Å². The van der Waals surface area contributed by atoms with Gasteiger partial charge in [-0.15, -0.1) is 23.1 Å². The number of aryl methyl sites for hydroxylation is 2. The molecule has 1 heterocycles. The summed E-state index contributed by atoms with van der Waals surface area (Å²) in [6.45, 7) is 6.64. The molecule has 0 aromatic carbocycles. The molecule has 1 aromatic heterocycles. The van der Waals surface area contributed by atoms with Crippen molar-refractivity contribution in [3.63, 3.8) is 0 Å². The summed E-state index contributed by atoms with van der Waals surface area (Å²) >= 11 is 3.87. The molecule has 0 radical (unpaired) electrons. The van der Waals surface area contributed by atoms with Crippen LogP contribution in [0.2, 0.25) is 0 Å². The largest absolute Gasteiger partial charge is 0.147 e. The lowest BCUT2D eigenvalue weighted by Crippen LogP contribution is -1.79. The normalized spacial score (nSPS) is 10.5. The van der Waals surface area contributed by atoms with Crippen molar-refractivity contribution in [3.8, 4) is 0 Å². The molecule has 1 aromatic rings. The van der Waals surface area contributed by atoms with E-state index in [1.807, 2.05) is 23.1 Å². The van der Waals surface area contributed by atoms with Crippen LogP contribution in [0.5, 0.6) is 0 Å². The average Bonchev–Trinajstić information content (AvgIpc) is 2.34. The van der Waals surface area contributed by atoms with Crippen molar-refractivity contribution in [2.24, 2.45) is 0 Å². The van der Waals surface area contributed by atoms with Crippen molar-refractivity contribution in [2.45, 2.75) is 32.1 Å². The molecule has 0 aliphatic heterocycles. The molecular formula is C9H14S2. The molecule has 0 spiro atoms. The highest BCUT2D eigenvalue weighted by Crippen LogP contribution is 2.31. The van der Waals surface area contributed by atoms with Gasteiger partial charge in [-0.1, -0.05) is 13.8 Å². The quantitative estimate of drug-likeness (QED) is 0.648. The van der Waals surface area contributed by atoms with Gasteiger partial charge in [0.15, 0.2) is 0 Å². The molecule has 0 saturated carbocycles. The summed E-state index contributed by atoms with van der Waals surface area (Å²) in [6, 6.07) is 0. The van der Waals surface area contributed by atoms with Crippen LogP contribution >= 0.6 is 23.1 Å². The molecule has 0 amide bonds. The van der Waals surface area contributed by atoms with Gasteiger partial charge in [0.1, 0.15) is 0 Å². The zero-order valence-electron chi connectivity index (χ0n) is 7.31. The SMILES string of the molecule is CCSc1c(C)csc1CC. The molecular weight excluding hydrogens is 172 g/mol. The van der Waals surface area contributed by atoms with E-state index >= 15 is 0 Å². The molecule has 0 unspecified atom stereocenters. The van der Waals surface area contributed by atoms with Gasteiger partial charge < -0.3 is 0 Å². The van der Waals surface area contributed by atoms with E-state index in [-0.39, 0.29) is 0 Å². The van der Waals surface area contributed by atoms with Gasteiger partial charge in [0, 0.05) is 9.77 Å². The molecule has 0 saturated heterocycles. The first-order chi connectivity index (χ1) is 5.29. The lowest BCUT2D eigenvalue weighted by Gasteiger charge is -1.99. The van der Waals surface area contributed by atoms with E-state index in [1.165, 1.54) is 22.6 Å². The summed E-state index contributed by atoms with van der Waals surface area (Å²) in [5.41, 5.74) is 1.46. The highest BCUT2D eigenvalue weighted by molar-refractivity contribution is 7.99. The average molecular weight is 186 g/mol. The highest BCUT2D eigenvalue weighted by Gasteiger charge is 2.05. The Balaban J connectivity index is 2.88. The molecule has 0 atom stereocenters. The second-order valence-electron chi connectivity index (χ2n) is 2.46. The number of thiophene rings is 1. The van der Waals surface area contributed by atoms with Crippen LogP contribution < -0.4 is 0 Å². The van der Waals surface area contributed by atoms with Crippen molar-refractivity contribution in [2.75, 3.05) is 5.75 Å². The maximum absolute atomic E-state index is 2.26. The maximum atomic E-state index is 2.26.